The van der Waals surface area contributed by atoms with Crippen LogP contribution in [0.1, 0.15) is 37.0 Å². The molecular formula is C12H15ClO2. The zero-order chi connectivity index (χ0) is 11.5. The topological polar surface area (TPSA) is 37.3 Å². The highest BCUT2D eigenvalue weighted by molar-refractivity contribution is 6.31. The summed E-state index contributed by atoms with van der Waals surface area (Å²) in [6, 6.07) is 6.67. The van der Waals surface area contributed by atoms with E-state index in [1.807, 2.05) is 0 Å². The smallest absolute Gasteiger partial charge is 0.194 e. The van der Waals surface area contributed by atoms with Crippen molar-refractivity contribution in [2.75, 3.05) is 0 Å². The Balaban J connectivity index is 3.03. The summed E-state index contributed by atoms with van der Waals surface area (Å²) in [6.45, 7) is 3.60. The number of ketones is 1. The molecule has 0 saturated carbocycles. The molecule has 3 heteroatoms. The Labute approximate surface area is 94.9 Å². The molecular weight excluding hydrogens is 212 g/mol. The molecule has 1 rings (SSSR count). The molecule has 0 heterocycles. The molecule has 0 bridgehead atoms. The Morgan fingerprint density at radius 3 is 2.47 bits per heavy atom. The van der Waals surface area contributed by atoms with Gasteiger partial charge in [-0.15, -0.1) is 0 Å². The quantitative estimate of drug-likeness (QED) is 0.802. The van der Waals surface area contributed by atoms with Crippen molar-refractivity contribution < 1.29 is 9.90 Å². The van der Waals surface area contributed by atoms with E-state index in [2.05, 4.69) is 0 Å². The van der Waals surface area contributed by atoms with Gasteiger partial charge < -0.3 is 5.11 Å². The van der Waals surface area contributed by atoms with E-state index in [0.29, 0.717) is 23.4 Å². The SMILES string of the molecule is CCC(O)(CC)C(=O)c1cccc(Cl)c1. The van der Waals surface area contributed by atoms with Crippen LogP contribution in [0.4, 0.5) is 0 Å². The number of hydrogen-bond donors (Lipinski definition) is 1. The molecule has 1 aromatic carbocycles. The van der Waals surface area contributed by atoms with Crippen molar-refractivity contribution in [3.8, 4) is 0 Å². The van der Waals surface area contributed by atoms with Crippen LogP contribution >= 0.6 is 11.6 Å². The highest BCUT2D eigenvalue weighted by atomic mass is 35.5. The average Bonchev–Trinajstić information content (AvgIpc) is 2.27. The fourth-order valence-electron chi connectivity index (χ4n) is 1.47. The first-order chi connectivity index (χ1) is 7.03. The van der Waals surface area contributed by atoms with Gasteiger partial charge in [0.2, 0.25) is 0 Å². The van der Waals surface area contributed by atoms with E-state index in [4.69, 9.17) is 11.6 Å². The highest BCUT2D eigenvalue weighted by Gasteiger charge is 2.32. The van der Waals surface area contributed by atoms with Gasteiger partial charge in [-0.1, -0.05) is 37.6 Å². The van der Waals surface area contributed by atoms with E-state index >= 15 is 0 Å². The van der Waals surface area contributed by atoms with Crippen molar-refractivity contribution in [1.82, 2.24) is 0 Å². The van der Waals surface area contributed by atoms with Crippen molar-refractivity contribution in [2.45, 2.75) is 32.3 Å². The summed E-state index contributed by atoms with van der Waals surface area (Å²) in [6.07, 6.45) is 0.823. The molecule has 0 atom stereocenters. The van der Waals surface area contributed by atoms with E-state index in [1.54, 1.807) is 38.1 Å². The predicted octanol–water partition coefficient (Wildman–Crippen LogP) is 3.07. The molecule has 0 fully saturated rings. The van der Waals surface area contributed by atoms with Crippen LogP contribution < -0.4 is 0 Å². The van der Waals surface area contributed by atoms with Gasteiger partial charge in [-0.3, -0.25) is 4.79 Å². The van der Waals surface area contributed by atoms with Crippen molar-refractivity contribution in [1.29, 1.82) is 0 Å². The largest absolute Gasteiger partial charge is 0.382 e. The number of carbonyl (C=O) groups excluding carboxylic acids is 1. The van der Waals surface area contributed by atoms with Gasteiger partial charge in [-0.05, 0) is 25.0 Å². The molecule has 0 aliphatic carbocycles. The van der Waals surface area contributed by atoms with Gasteiger partial charge in [-0.25, -0.2) is 0 Å². The molecule has 0 aliphatic heterocycles. The van der Waals surface area contributed by atoms with Crippen LogP contribution in [-0.4, -0.2) is 16.5 Å². The lowest BCUT2D eigenvalue weighted by Gasteiger charge is -2.23. The molecule has 0 unspecified atom stereocenters. The van der Waals surface area contributed by atoms with Crippen LogP contribution in [-0.2, 0) is 0 Å². The fourth-order valence-corrected chi connectivity index (χ4v) is 1.66. The first-order valence-electron chi connectivity index (χ1n) is 5.06. The summed E-state index contributed by atoms with van der Waals surface area (Å²) in [7, 11) is 0. The maximum atomic E-state index is 12.0. The molecule has 0 aromatic heterocycles. The van der Waals surface area contributed by atoms with Crippen molar-refractivity contribution >= 4 is 17.4 Å². The minimum absolute atomic E-state index is 0.255. The zero-order valence-electron chi connectivity index (χ0n) is 8.96. The van der Waals surface area contributed by atoms with E-state index in [-0.39, 0.29) is 5.78 Å². The molecule has 1 N–H and O–H groups in total. The molecule has 0 saturated heterocycles. The average molecular weight is 227 g/mol. The molecule has 0 amide bonds. The van der Waals surface area contributed by atoms with E-state index in [9.17, 15) is 9.90 Å². The normalized spacial score (nSPS) is 11.5. The maximum absolute atomic E-state index is 12.0. The Kier molecular flexibility index (Phi) is 3.89. The number of halogens is 1. The molecule has 0 aliphatic rings. The first-order valence-corrected chi connectivity index (χ1v) is 5.44. The third-order valence-electron chi connectivity index (χ3n) is 2.68. The van der Waals surface area contributed by atoms with Crippen molar-refractivity contribution in [2.24, 2.45) is 0 Å². The van der Waals surface area contributed by atoms with Crippen LogP contribution in [0.15, 0.2) is 24.3 Å². The zero-order valence-corrected chi connectivity index (χ0v) is 9.71. The van der Waals surface area contributed by atoms with Gasteiger partial charge in [0, 0.05) is 10.6 Å². The summed E-state index contributed by atoms with van der Waals surface area (Å²) < 4.78 is 0. The van der Waals surface area contributed by atoms with Crippen LogP contribution in [0.5, 0.6) is 0 Å². The van der Waals surface area contributed by atoms with Gasteiger partial charge in [0.1, 0.15) is 5.60 Å². The van der Waals surface area contributed by atoms with Gasteiger partial charge in [0.05, 0.1) is 0 Å². The molecule has 0 spiro atoms. The lowest BCUT2D eigenvalue weighted by atomic mass is 9.88. The van der Waals surface area contributed by atoms with E-state index < -0.39 is 5.60 Å². The number of rotatable bonds is 4. The van der Waals surface area contributed by atoms with E-state index in [1.165, 1.54) is 0 Å². The third kappa shape index (κ3) is 2.58. The summed E-state index contributed by atoms with van der Waals surface area (Å²) in [5, 5.41) is 10.6. The Morgan fingerprint density at radius 2 is 2.00 bits per heavy atom. The van der Waals surface area contributed by atoms with Gasteiger partial charge >= 0.3 is 0 Å². The second-order valence-electron chi connectivity index (χ2n) is 3.58. The fraction of sp³-hybridized carbons (Fsp3) is 0.417. The minimum Gasteiger partial charge on any atom is -0.382 e. The molecule has 1 aromatic rings. The number of carbonyl (C=O) groups is 1. The summed E-state index contributed by atoms with van der Waals surface area (Å²) in [5.41, 5.74) is -0.793. The van der Waals surface area contributed by atoms with Gasteiger partial charge in [-0.2, -0.15) is 0 Å². The molecule has 0 radical (unpaired) electrons. The van der Waals surface area contributed by atoms with Gasteiger partial charge in [0.25, 0.3) is 0 Å². The van der Waals surface area contributed by atoms with Crippen LogP contribution in [0.25, 0.3) is 0 Å². The highest BCUT2D eigenvalue weighted by Crippen LogP contribution is 2.22. The van der Waals surface area contributed by atoms with Crippen LogP contribution in [0, 0.1) is 0 Å². The Hall–Kier alpha value is -0.860. The Bertz CT molecular complexity index is 356. The minimum atomic E-state index is -1.26. The van der Waals surface area contributed by atoms with Gasteiger partial charge in [0.15, 0.2) is 5.78 Å². The predicted molar refractivity (Wildman–Crippen MR) is 61.3 cm³/mol. The number of Topliss-reactive ketones (excluding diaryl/α,β-unsaturated/α-hetero) is 1. The summed E-state index contributed by atoms with van der Waals surface area (Å²) >= 11 is 5.79. The molecule has 82 valence electrons. The first kappa shape index (κ1) is 12.2. The number of hydrogen-bond acceptors (Lipinski definition) is 2. The third-order valence-corrected chi connectivity index (χ3v) is 2.91. The standard InChI is InChI=1S/C12H15ClO2/c1-3-12(15,4-2)11(14)9-6-5-7-10(13)8-9/h5-8,15H,3-4H2,1-2H3. The van der Waals surface area contributed by atoms with Crippen molar-refractivity contribution in [3.63, 3.8) is 0 Å². The lowest BCUT2D eigenvalue weighted by Crippen LogP contribution is -2.37. The Morgan fingerprint density at radius 1 is 1.40 bits per heavy atom. The van der Waals surface area contributed by atoms with Crippen LogP contribution in [0.2, 0.25) is 5.02 Å². The number of aliphatic hydroxyl groups is 1. The molecule has 15 heavy (non-hydrogen) atoms. The second-order valence-corrected chi connectivity index (χ2v) is 4.01. The summed E-state index contributed by atoms with van der Waals surface area (Å²) in [5.74, 6) is -0.255. The monoisotopic (exact) mass is 226 g/mol. The maximum Gasteiger partial charge on any atom is 0.194 e. The second kappa shape index (κ2) is 4.77. The van der Waals surface area contributed by atoms with Crippen LogP contribution in [0.3, 0.4) is 0 Å². The summed E-state index contributed by atoms with van der Waals surface area (Å²) in [4.78, 5) is 12.0. The van der Waals surface area contributed by atoms with E-state index in [0.717, 1.165) is 0 Å². The lowest BCUT2D eigenvalue weighted by molar-refractivity contribution is 0.0278. The molecule has 2 nitrogen and oxygen atoms in total. The number of benzene rings is 1. The van der Waals surface area contributed by atoms with Crippen molar-refractivity contribution in [3.05, 3.63) is 34.9 Å².